The van der Waals surface area contributed by atoms with Crippen molar-refractivity contribution in [1.82, 2.24) is 0 Å². The number of anilines is 2. The molecular weight excluding hydrogens is 276 g/mol. The Bertz CT molecular complexity index is 700. The first kappa shape index (κ1) is 12.7. The van der Waals surface area contributed by atoms with E-state index in [2.05, 4.69) is 5.32 Å². The van der Waals surface area contributed by atoms with Gasteiger partial charge in [-0.25, -0.2) is 0 Å². The molecule has 0 unspecified atom stereocenters. The molecule has 0 saturated heterocycles. The van der Waals surface area contributed by atoms with Crippen molar-refractivity contribution in [3.63, 3.8) is 0 Å². The number of Topliss-reactive ketones (excluding diaryl/α,β-unsaturated/α-hetero) is 1. The average molecular weight is 287 g/mol. The smallest absolute Gasteiger partial charge is 0.300 e. The molecule has 0 bridgehead atoms. The summed E-state index contributed by atoms with van der Waals surface area (Å²) in [7, 11) is 0. The standard InChI is InChI=1S/C15H11ClN2O2/c16-11-6-2-3-7-12(11)17-9-18-13-8-4-1-5-10(13)14(19)15(18)20/h1-8,17H,9H2. The Kier molecular flexibility index (Phi) is 3.16. The SMILES string of the molecule is O=C1C(=O)N(CNc2ccccc2Cl)c2ccccc21. The fraction of sp³-hybridized carbons (Fsp3) is 0.0667. The normalized spacial score (nSPS) is 13.6. The summed E-state index contributed by atoms with van der Waals surface area (Å²) in [5, 5.41) is 3.64. The van der Waals surface area contributed by atoms with Gasteiger partial charge in [-0.15, -0.1) is 0 Å². The van der Waals surface area contributed by atoms with Crippen molar-refractivity contribution in [3.05, 3.63) is 59.1 Å². The lowest BCUT2D eigenvalue weighted by Gasteiger charge is -2.18. The third kappa shape index (κ3) is 2.04. The number of benzene rings is 2. The monoisotopic (exact) mass is 286 g/mol. The van der Waals surface area contributed by atoms with Crippen LogP contribution in [0.15, 0.2) is 48.5 Å². The van der Waals surface area contributed by atoms with Gasteiger partial charge in [0.1, 0.15) is 0 Å². The fourth-order valence-electron chi connectivity index (χ4n) is 2.17. The molecule has 1 aliphatic rings. The van der Waals surface area contributed by atoms with Crippen LogP contribution < -0.4 is 10.2 Å². The van der Waals surface area contributed by atoms with Crippen molar-refractivity contribution >= 4 is 34.7 Å². The number of para-hydroxylation sites is 2. The number of fused-ring (bicyclic) bond motifs is 1. The third-order valence-electron chi connectivity index (χ3n) is 3.18. The van der Waals surface area contributed by atoms with Crippen LogP contribution in [0, 0.1) is 0 Å². The van der Waals surface area contributed by atoms with Crippen molar-refractivity contribution in [2.24, 2.45) is 0 Å². The maximum Gasteiger partial charge on any atom is 0.300 e. The van der Waals surface area contributed by atoms with E-state index in [1.165, 1.54) is 4.90 Å². The third-order valence-corrected chi connectivity index (χ3v) is 3.51. The van der Waals surface area contributed by atoms with Gasteiger partial charge in [-0.1, -0.05) is 35.9 Å². The van der Waals surface area contributed by atoms with E-state index >= 15 is 0 Å². The van der Waals surface area contributed by atoms with Crippen LogP contribution in [0.3, 0.4) is 0 Å². The van der Waals surface area contributed by atoms with Gasteiger partial charge in [0.15, 0.2) is 0 Å². The predicted octanol–water partition coefficient (Wildman–Crippen LogP) is 2.94. The second-order valence-corrected chi connectivity index (χ2v) is 4.80. The van der Waals surface area contributed by atoms with Crippen LogP contribution in [0.4, 0.5) is 11.4 Å². The second-order valence-electron chi connectivity index (χ2n) is 4.39. The van der Waals surface area contributed by atoms with E-state index in [0.717, 1.165) is 5.69 Å². The molecule has 0 atom stereocenters. The Morgan fingerprint density at radius 3 is 2.50 bits per heavy atom. The summed E-state index contributed by atoms with van der Waals surface area (Å²) >= 11 is 6.04. The molecule has 1 amide bonds. The van der Waals surface area contributed by atoms with Gasteiger partial charge >= 0.3 is 5.91 Å². The Morgan fingerprint density at radius 1 is 1.00 bits per heavy atom. The molecule has 5 heteroatoms. The molecule has 0 spiro atoms. The number of amides is 1. The highest BCUT2D eigenvalue weighted by Crippen LogP contribution is 2.29. The first-order chi connectivity index (χ1) is 9.68. The summed E-state index contributed by atoms with van der Waals surface area (Å²) in [5.41, 5.74) is 1.79. The van der Waals surface area contributed by atoms with E-state index < -0.39 is 11.7 Å². The van der Waals surface area contributed by atoms with Crippen molar-refractivity contribution in [1.29, 1.82) is 0 Å². The molecule has 4 nitrogen and oxygen atoms in total. The molecular formula is C15H11ClN2O2. The fourth-order valence-corrected chi connectivity index (χ4v) is 2.38. The number of carbonyl (C=O) groups excluding carboxylic acids is 2. The van der Waals surface area contributed by atoms with Crippen LogP contribution in [0.25, 0.3) is 0 Å². The topological polar surface area (TPSA) is 49.4 Å². The number of hydrogen-bond acceptors (Lipinski definition) is 3. The summed E-state index contributed by atoms with van der Waals surface area (Å²) in [5.74, 6) is -0.993. The zero-order valence-electron chi connectivity index (χ0n) is 10.5. The summed E-state index contributed by atoms with van der Waals surface area (Å²) in [6, 6.07) is 14.2. The Balaban J connectivity index is 1.84. The van der Waals surface area contributed by atoms with E-state index in [1.54, 1.807) is 30.3 Å². The van der Waals surface area contributed by atoms with Crippen molar-refractivity contribution in [2.75, 3.05) is 16.9 Å². The number of nitrogens with zero attached hydrogens (tertiary/aromatic N) is 1. The second kappa shape index (κ2) is 4.98. The number of hydrogen-bond donors (Lipinski definition) is 1. The van der Waals surface area contributed by atoms with Gasteiger partial charge < -0.3 is 5.32 Å². The Morgan fingerprint density at radius 2 is 1.70 bits per heavy atom. The first-order valence-electron chi connectivity index (χ1n) is 6.12. The molecule has 2 aromatic rings. The number of halogens is 1. The maximum absolute atomic E-state index is 12.0. The van der Waals surface area contributed by atoms with Crippen LogP contribution >= 0.6 is 11.6 Å². The summed E-state index contributed by atoms with van der Waals surface area (Å²) < 4.78 is 0. The van der Waals surface area contributed by atoms with Crippen molar-refractivity contribution < 1.29 is 9.59 Å². The van der Waals surface area contributed by atoms with Gasteiger partial charge in [-0.05, 0) is 24.3 Å². The van der Waals surface area contributed by atoms with Crippen LogP contribution in [-0.2, 0) is 4.79 Å². The van der Waals surface area contributed by atoms with Crippen LogP contribution in [0.5, 0.6) is 0 Å². The molecule has 20 heavy (non-hydrogen) atoms. The van der Waals surface area contributed by atoms with E-state index in [1.807, 2.05) is 18.2 Å². The minimum atomic E-state index is -0.522. The summed E-state index contributed by atoms with van der Waals surface area (Å²) in [6.07, 6.45) is 0. The van der Waals surface area contributed by atoms with Gasteiger partial charge in [0.05, 0.1) is 28.6 Å². The van der Waals surface area contributed by atoms with Crippen molar-refractivity contribution in [2.45, 2.75) is 0 Å². The number of rotatable bonds is 3. The van der Waals surface area contributed by atoms with Crippen LogP contribution in [0.2, 0.25) is 5.02 Å². The molecule has 0 saturated carbocycles. The van der Waals surface area contributed by atoms with E-state index in [9.17, 15) is 9.59 Å². The lowest BCUT2D eigenvalue weighted by molar-refractivity contribution is -0.114. The highest BCUT2D eigenvalue weighted by Gasteiger charge is 2.35. The van der Waals surface area contributed by atoms with Crippen LogP contribution in [0.1, 0.15) is 10.4 Å². The van der Waals surface area contributed by atoms with E-state index in [4.69, 9.17) is 11.6 Å². The largest absolute Gasteiger partial charge is 0.366 e. The van der Waals surface area contributed by atoms with Gasteiger partial charge in [0.2, 0.25) is 0 Å². The van der Waals surface area contributed by atoms with E-state index in [-0.39, 0.29) is 6.67 Å². The summed E-state index contributed by atoms with van der Waals surface area (Å²) in [4.78, 5) is 25.2. The van der Waals surface area contributed by atoms with E-state index in [0.29, 0.717) is 16.3 Å². The molecule has 0 fully saturated rings. The lowest BCUT2D eigenvalue weighted by Crippen LogP contribution is -2.34. The molecule has 0 radical (unpaired) electrons. The maximum atomic E-state index is 12.0. The number of nitrogens with one attached hydrogen (secondary N) is 1. The molecule has 2 aromatic carbocycles. The van der Waals surface area contributed by atoms with Gasteiger partial charge in [-0.2, -0.15) is 0 Å². The van der Waals surface area contributed by atoms with Gasteiger partial charge in [-0.3, -0.25) is 14.5 Å². The number of ketones is 1. The average Bonchev–Trinajstić information content (AvgIpc) is 2.71. The molecule has 1 heterocycles. The molecule has 100 valence electrons. The highest BCUT2D eigenvalue weighted by atomic mass is 35.5. The molecule has 1 N–H and O–H groups in total. The molecule has 1 aliphatic heterocycles. The number of carbonyl (C=O) groups is 2. The van der Waals surface area contributed by atoms with Crippen LogP contribution in [-0.4, -0.2) is 18.4 Å². The highest BCUT2D eigenvalue weighted by molar-refractivity contribution is 6.52. The molecule has 0 aromatic heterocycles. The minimum Gasteiger partial charge on any atom is -0.366 e. The van der Waals surface area contributed by atoms with Gasteiger partial charge in [0.25, 0.3) is 5.78 Å². The van der Waals surface area contributed by atoms with Gasteiger partial charge in [0, 0.05) is 0 Å². The van der Waals surface area contributed by atoms with Crippen molar-refractivity contribution in [3.8, 4) is 0 Å². The lowest BCUT2D eigenvalue weighted by atomic mass is 10.1. The Labute approximate surface area is 121 Å². The summed E-state index contributed by atoms with van der Waals surface area (Å²) in [6.45, 7) is 0.200. The predicted molar refractivity (Wildman–Crippen MR) is 78.2 cm³/mol. The first-order valence-corrected chi connectivity index (χ1v) is 6.50. The minimum absolute atomic E-state index is 0.200. The molecule has 0 aliphatic carbocycles. The zero-order chi connectivity index (χ0) is 14.1. The molecule has 3 rings (SSSR count). The quantitative estimate of drug-likeness (QED) is 0.883. The Hall–Kier alpha value is -2.33. The zero-order valence-corrected chi connectivity index (χ0v) is 11.2.